The van der Waals surface area contributed by atoms with Crippen LogP contribution in [0.3, 0.4) is 0 Å². The van der Waals surface area contributed by atoms with Gasteiger partial charge in [-0.25, -0.2) is 13.4 Å². The molecule has 0 radical (unpaired) electrons. The van der Waals surface area contributed by atoms with E-state index in [4.69, 9.17) is 9.47 Å². The first kappa shape index (κ1) is 14.6. The molecule has 0 bridgehead atoms. The second kappa shape index (κ2) is 5.43. The maximum absolute atomic E-state index is 11.1. The highest BCUT2D eigenvalue weighted by atomic mass is 32.2. The summed E-state index contributed by atoms with van der Waals surface area (Å²) in [6.45, 7) is 3.02. The van der Waals surface area contributed by atoms with Crippen LogP contribution in [0, 0.1) is 0 Å². The molecule has 1 spiro atoms. The van der Waals surface area contributed by atoms with Gasteiger partial charge in [0, 0.05) is 25.9 Å². The normalized spacial score (nSPS) is 21.7. The minimum Gasteiger partial charge on any atom is -0.370 e. The van der Waals surface area contributed by atoms with Gasteiger partial charge >= 0.3 is 0 Å². The Kier molecular flexibility index (Phi) is 3.76. The van der Waals surface area contributed by atoms with Crippen LogP contribution in [-0.2, 0) is 19.5 Å². The van der Waals surface area contributed by atoms with E-state index in [2.05, 4.69) is 14.6 Å². The summed E-state index contributed by atoms with van der Waals surface area (Å²) in [6.07, 6.45) is 4.45. The highest BCUT2D eigenvalue weighted by Gasteiger charge is 2.39. The van der Waals surface area contributed by atoms with E-state index < -0.39 is 10.0 Å². The molecule has 21 heavy (non-hydrogen) atoms. The second-order valence-electron chi connectivity index (χ2n) is 5.37. The summed E-state index contributed by atoms with van der Waals surface area (Å²) >= 11 is 0. The van der Waals surface area contributed by atoms with Crippen LogP contribution >= 0.6 is 0 Å². The fourth-order valence-electron chi connectivity index (χ4n) is 2.71. The van der Waals surface area contributed by atoms with E-state index in [0.29, 0.717) is 19.0 Å². The number of nitrogens with zero attached hydrogens (tertiary/aromatic N) is 2. The number of piperidine rings is 1. The molecule has 2 fully saturated rings. The molecule has 0 saturated carbocycles. The van der Waals surface area contributed by atoms with Crippen LogP contribution in [-0.4, -0.2) is 51.7 Å². The van der Waals surface area contributed by atoms with Crippen molar-refractivity contribution in [2.75, 3.05) is 42.2 Å². The molecule has 116 valence electrons. The number of rotatable bonds is 3. The van der Waals surface area contributed by atoms with Gasteiger partial charge in [-0.1, -0.05) is 0 Å². The minimum atomic E-state index is -3.29. The van der Waals surface area contributed by atoms with Gasteiger partial charge in [0.2, 0.25) is 10.0 Å². The maximum Gasteiger partial charge on any atom is 0.230 e. The number of hydrogen-bond acceptors (Lipinski definition) is 6. The molecule has 0 aliphatic carbocycles. The van der Waals surface area contributed by atoms with E-state index in [0.717, 1.165) is 37.9 Å². The van der Waals surface area contributed by atoms with Crippen LogP contribution in [0.4, 0.5) is 11.5 Å². The predicted octanol–water partition coefficient (Wildman–Crippen LogP) is 0.796. The smallest absolute Gasteiger partial charge is 0.230 e. The highest BCUT2D eigenvalue weighted by Crippen LogP contribution is 2.33. The second-order valence-corrected chi connectivity index (χ2v) is 7.12. The standard InChI is InChI=1S/C13H19N3O4S/c1-21(17,18)15-12-3-2-11(10-14-12)16-6-4-13(5-7-16)19-8-9-20-13/h2-3,10H,4-9H2,1H3,(H,14,15). The fraction of sp³-hybridized carbons (Fsp3) is 0.615. The first-order valence-electron chi connectivity index (χ1n) is 6.93. The Morgan fingerprint density at radius 3 is 2.43 bits per heavy atom. The van der Waals surface area contributed by atoms with E-state index in [1.807, 2.05) is 6.07 Å². The van der Waals surface area contributed by atoms with Crippen LogP contribution < -0.4 is 9.62 Å². The zero-order chi connectivity index (χ0) is 14.9. The topological polar surface area (TPSA) is 80.8 Å². The molecule has 1 aromatic rings. The Balaban J connectivity index is 1.63. The van der Waals surface area contributed by atoms with E-state index in [1.54, 1.807) is 12.3 Å². The molecule has 0 amide bonds. The number of pyridine rings is 1. The summed E-state index contributed by atoms with van der Waals surface area (Å²) in [6, 6.07) is 3.54. The molecule has 2 saturated heterocycles. The summed E-state index contributed by atoms with van der Waals surface area (Å²) < 4.78 is 36.0. The quantitative estimate of drug-likeness (QED) is 0.889. The van der Waals surface area contributed by atoms with Crippen molar-refractivity contribution in [1.82, 2.24) is 4.98 Å². The van der Waals surface area contributed by atoms with Gasteiger partial charge in [0.15, 0.2) is 5.79 Å². The minimum absolute atomic E-state index is 0.331. The molecule has 3 heterocycles. The third kappa shape index (κ3) is 3.45. The van der Waals surface area contributed by atoms with Crippen LogP contribution in [0.15, 0.2) is 18.3 Å². The molecule has 0 aromatic carbocycles. The lowest BCUT2D eigenvalue weighted by atomic mass is 10.0. The number of sulfonamides is 1. The van der Waals surface area contributed by atoms with Gasteiger partial charge in [0.1, 0.15) is 5.82 Å². The van der Waals surface area contributed by atoms with Gasteiger partial charge in [-0.3, -0.25) is 4.72 Å². The molecular formula is C13H19N3O4S. The summed E-state index contributed by atoms with van der Waals surface area (Å²) in [5, 5.41) is 0. The molecular weight excluding hydrogens is 294 g/mol. The third-order valence-corrected chi connectivity index (χ3v) is 4.32. The SMILES string of the molecule is CS(=O)(=O)Nc1ccc(N2CCC3(CC2)OCCO3)cn1. The third-order valence-electron chi connectivity index (χ3n) is 3.74. The average molecular weight is 313 g/mol. The van der Waals surface area contributed by atoms with Crippen molar-refractivity contribution < 1.29 is 17.9 Å². The fourth-order valence-corrected chi connectivity index (χ4v) is 3.22. The molecule has 0 atom stereocenters. The monoisotopic (exact) mass is 313 g/mol. The number of hydrogen-bond donors (Lipinski definition) is 1. The number of anilines is 2. The van der Waals surface area contributed by atoms with E-state index in [1.165, 1.54) is 0 Å². The Labute approximate surface area is 124 Å². The largest absolute Gasteiger partial charge is 0.370 e. The molecule has 2 aliphatic rings. The Bertz CT molecular complexity index is 586. The molecule has 1 N–H and O–H groups in total. The molecule has 0 unspecified atom stereocenters. The zero-order valence-corrected chi connectivity index (χ0v) is 12.7. The van der Waals surface area contributed by atoms with E-state index in [-0.39, 0.29) is 5.79 Å². The number of aromatic nitrogens is 1. The first-order valence-corrected chi connectivity index (χ1v) is 8.82. The van der Waals surface area contributed by atoms with Crippen LogP contribution in [0.1, 0.15) is 12.8 Å². The molecule has 7 nitrogen and oxygen atoms in total. The number of ether oxygens (including phenoxy) is 2. The van der Waals surface area contributed by atoms with E-state index >= 15 is 0 Å². The van der Waals surface area contributed by atoms with Gasteiger partial charge in [0.05, 0.1) is 31.4 Å². The van der Waals surface area contributed by atoms with Crippen molar-refractivity contribution in [3.05, 3.63) is 18.3 Å². The number of nitrogens with one attached hydrogen (secondary N) is 1. The summed E-state index contributed by atoms with van der Waals surface area (Å²) in [4.78, 5) is 6.34. The van der Waals surface area contributed by atoms with Gasteiger partial charge in [0.25, 0.3) is 0 Å². The van der Waals surface area contributed by atoms with Crippen molar-refractivity contribution in [3.8, 4) is 0 Å². The Morgan fingerprint density at radius 2 is 1.90 bits per heavy atom. The van der Waals surface area contributed by atoms with Crippen molar-refractivity contribution in [3.63, 3.8) is 0 Å². The van der Waals surface area contributed by atoms with E-state index in [9.17, 15) is 8.42 Å². The van der Waals surface area contributed by atoms with Crippen LogP contribution in [0.5, 0.6) is 0 Å². The molecule has 2 aliphatic heterocycles. The van der Waals surface area contributed by atoms with Crippen molar-refractivity contribution in [2.45, 2.75) is 18.6 Å². The van der Waals surface area contributed by atoms with Crippen LogP contribution in [0.25, 0.3) is 0 Å². The van der Waals surface area contributed by atoms with Gasteiger partial charge in [-0.2, -0.15) is 0 Å². The Hall–Kier alpha value is -1.38. The molecule has 3 rings (SSSR count). The summed E-state index contributed by atoms with van der Waals surface area (Å²) in [5.74, 6) is -0.0565. The predicted molar refractivity (Wildman–Crippen MR) is 78.8 cm³/mol. The average Bonchev–Trinajstić information content (AvgIpc) is 2.87. The Morgan fingerprint density at radius 1 is 1.24 bits per heavy atom. The van der Waals surface area contributed by atoms with Crippen LogP contribution in [0.2, 0.25) is 0 Å². The van der Waals surface area contributed by atoms with Crippen molar-refractivity contribution >= 4 is 21.5 Å². The van der Waals surface area contributed by atoms with Crippen molar-refractivity contribution in [1.29, 1.82) is 0 Å². The first-order chi connectivity index (χ1) is 9.96. The maximum atomic E-state index is 11.1. The summed E-state index contributed by atoms with van der Waals surface area (Å²) in [7, 11) is -3.29. The summed E-state index contributed by atoms with van der Waals surface area (Å²) in [5.41, 5.74) is 0.974. The zero-order valence-electron chi connectivity index (χ0n) is 11.9. The van der Waals surface area contributed by atoms with Gasteiger partial charge < -0.3 is 14.4 Å². The molecule has 8 heteroatoms. The van der Waals surface area contributed by atoms with Gasteiger partial charge in [-0.05, 0) is 12.1 Å². The lowest BCUT2D eigenvalue weighted by molar-refractivity contribution is -0.169. The lowest BCUT2D eigenvalue weighted by Gasteiger charge is -2.38. The van der Waals surface area contributed by atoms with Gasteiger partial charge in [-0.15, -0.1) is 0 Å². The van der Waals surface area contributed by atoms with Crippen molar-refractivity contribution in [2.24, 2.45) is 0 Å². The lowest BCUT2D eigenvalue weighted by Crippen LogP contribution is -2.45. The highest BCUT2D eigenvalue weighted by molar-refractivity contribution is 7.92. The molecule has 1 aromatic heterocycles.